The molecule has 0 aliphatic rings. The molecule has 0 unspecified atom stereocenters. The number of hydrogen-bond acceptors (Lipinski definition) is 5. The number of pyridine rings is 1. The Bertz CT molecular complexity index is 519. The van der Waals surface area contributed by atoms with Gasteiger partial charge in [0.2, 0.25) is 0 Å². The van der Waals surface area contributed by atoms with Crippen LogP contribution in [0, 0.1) is 0 Å². The molecule has 0 radical (unpaired) electrons. The average Bonchev–Trinajstić information content (AvgIpc) is 2.36. The van der Waals surface area contributed by atoms with Gasteiger partial charge >= 0.3 is 12.3 Å². The summed E-state index contributed by atoms with van der Waals surface area (Å²) in [6.45, 7) is -0.628. The number of alkyl halides is 5. The molecule has 1 heterocycles. The molecule has 1 rings (SSSR count). The number of aromatic nitrogens is 1. The Balaban J connectivity index is 3.33. The highest BCUT2D eigenvalue weighted by Crippen LogP contribution is 2.32. The van der Waals surface area contributed by atoms with Gasteiger partial charge in [0.1, 0.15) is 11.4 Å². The molecule has 0 aliphatic heterocycles. The summed E-state index contributed by atoms with van der Waals surface area (Å²) in [4.78, 5) is 14.5. The first-order valence-electron chi connectivity index (χ1n) is 5.51. The minimum atomic E-state index is -5.09. The lowest BCUT2D eigenvalue weighted by Crippen LogP contribution is -2.21. The number of rotatable bonds is 5. The zero-order valence-corrected chi connectivity index (χ0v) is 10.7. The third-order valence-corrected chi connectivity index (χ3v) is 2.36. The Kier molecular flexibility index (Phi) is 5.41. The van der Waals surface area contributed by atoms with E-state index in [1.807, 2.05) is 0 Å². The summed E-state index contributed by atoms with van der Waals surface area (Å²) in [6.07, 6.45) is -8.83. The van der Waals surface area contributed by atoms with Crippen LogP contribution >= 0.6 is 0 Å². The molecule has 0 saturated heterocycles. The lowest BCUT2D eigenvalue weighted by Gasteiger charge is -2.16. The van der Waals surface area contributed by atoms with E-state index in [9.17, 15) is 26.7 Å². The molecule has 2 N–H and O–H groups in total. The Morgan fingerprint density at radius 2 is 2.05 bits per heavy atom. The van der Waals surface area contributed by atoms with E-state index in [0.29, 0.717) is 0 Å². The zero-order chi connectivity index (χ0) is 16.2. The molecule has 0 atom stereocenters. The molecule has 10 heteroatoms. The first kappa shape index (κ1) is 17.1. The summed E-state index contributed by atoms with van der Waals surface area (Å²) in [5.41, 5.74) is 3.30. The van der Waals surface area contributed by atoms with Crippen molar-refractivity contribution in [3.05, 3.63) is 23.0 Å². The van der Waals surface area contributed by atoms with E-state index >= 15 is 0 Å². The van der Waals surface area contributed by atoms with Crippen LogP contribution in [0.25, 0.3) is 0 Å². The number of carbonyl (C=O) groups excluding carboxylic acids is 1. The van der Waals surface area contributed by atoms with Crippen molar-refractivity contribution in [3.8, 4) is 5.75 Å². The Labute approximate surface area is 115 Å². The maximum absolute atomic E-state index is 12.9. The van der Waals surface area contributed by atoms with Crippen molar-refractivity contribution in [2.75, 3.05) is 7.11 Å². The van der Waals surface area contributed by atoms with Crippen molar-refractivity contribution < 1.29 is 36.2 Å². The van der Waals surface area contributed by atoms with Crippen molar-refractivity contribution in [2.45, 2.75) is 25.8 Å². The lowest BCUT2D eigenvalue weighted by atomic mass is 10.1. The van der Waals surface area contributed by atoms with Crippen LogP contribution in [-0.2, 0) is 22.5 Å². The second-order valence-corrected chi connectivity index (χ2v) is 3.78. The largest absolute Gasteiger partial charge is 0.573 e. The summed E-state index contributed by atoms with van der Waals surface area (Å²) in [6, 6.07) is 0.735. The standard InChI is InChI=1S/C11H11F5N2O3/c1-20-8(19)3-5-2-7(21-11(14,15)16)6(4-17)9(18-5)10(12)13/h2,10H,3-4,17H2,1H3. The van der Waals surface area contributed by atoms with Crippen LogP contribution in [0.2, 0.25) is 0 Å². The molecule has 0 fully saturated rings. The molecule has 0 saturated carbocycles. The first-order valence-corrected chi connectivity index (χ1v) is 5.51. The molecule has 5 nitrogen and oxygen atoms in total. The fourth-order valence-electron chi connectivity index (χ4n) is 1.53. The molecule has 0 spiro atoms. The van der Waals surface area contributed by atoms with Crippen LogP contribution in [0.4, 0.5) is 22.0 Å². The molecule has 0 amide bonds. The smallest absolute Gasteiger partial charge is 0.469 e. The lowest BCUT2D eigenvalue weighted by molar-refractivity contribution is -0.275. The van der Waals surface area contributed by atoms with Gasteiger partial charge in [-0.25, -0.2) is 8.78 Å². The Morgan fingerprint density at radius 1 is 1.43 bits per heavy atom. The van der Waals surface area contributed by atoms with E-state index in [-0.39, 0.29) is 5.69 Å². The van der Waals surface area contributed by atoms with E-state index in [4.69, 9.17) is 5.73 Å². The van der Waals surface area contributed by atoms with Gasteiger partial charge in [-0.3, -0.25) is 9.78 Å². The number of halogens is 5. The minimum absolute atomic E-state index is 0.339. The van der Waals surface area contributed by atoms with Crippen LogP contribution in [0.5, 0.6) is 5.75 Å². The van der Waals surface area contributed by atoms with Crippen molar-refractivity contribution >= 4 is 5.97 Å². The molecule has 0 aromatic carbocycles. The van der Waals surface area contributed by atoms with Gasteiger partial charge in [0.25, 0.3) is 6.43 Å². The molecule has 21 heavy (non-hydrogen) atoms. The van der Waals surface area contributed by atoms with Crippen molar-refractivity contribution in [1.82, 2.24) is 4.98 Å². The summed E-state index contributed by atoms with van der Waals surface area (Å²) in [7, 11) is 1.04. The number of hydrogen-bond donors (Lipinski definition) is 1. The van der Waals surface area contributed by atoms with Crippen LogP contribution < -0.4 is 10.5 Å². The van der Waals surface area contributed by atoms with Crippen LogP contribution in [0.3, 0.4) is 0 Å². The van der Waals surface area contributed by atoms with E-state index in [1.165, 1.54) is 0 Å². The number of nitrogens with zero attached hydrogens (tertiary/aromatic N) is 1. The quantitative estimate of drug-likeness (QED) is 0.665. The number of ether oxygens (including phenoxy) is 2. The van der Waals surface area contributed by atoms with Gasteiger partial charge in [0.15, 0.2) is 0 Å². The Morgan fingerprint density at radius 3 is 2.48 bits per heavy atom. The van der Waals surface area contributed by atoms with Gasteiger partial charge in [-0.05, 0) is 0 Å². The van der Waals surface area contributed by atoms with Gasteiger partial charge in [-0.15, -0.1) is 13.2 Å². The summed E-state index contributed by atoms with van der Waals surface area (Å²) in [5.74, 6) is -1.75. The van der Waals surface area contributed by atoms with E-state index in [1.54, 1.807) is 0 Å². The average molecular weight is 314 g/mol. The topological polar surface area (TPSA) is 74.4 Å². The highest BCUT2D eigenvalue weighted by molar-refractivity contribution is 5.72. The van der Waals surface area contributed by atoms with Gasteiger partial charge in [-0.1, -0.05) is 0 Å². The predicted molar refractivity (Wildman–Crippen MR) is 59.5 cm³/mol. The number of nitrogens with two attached hydrogens (primary N) is 1. The van der Waals surface area contributed by atoms with E-state index in [2.05, 4.69) is 14.5 Å². The predicted octanol–water partition coefficient (Wildman–Crippen LogP) is 2.09. The maximum atomic E-state index is 12.9. The van der Waals surface area contributed by atoms with Crippen LogP contribution in [0.15, 0.2) is 6.07 Å². The van der Waals surface area contributed by atoms with Crippen LogP contribution in [0.1, 0.15) is 23.4 Å². The van der Waals surface area contributed by atoms with Crippen LogP contribution in [-0.4, -0.2) is 24.4 Å². The third kappa shape index (κ3) is 4.81. The minimum Gasteiger partial charge on any atom is -0.469 e. The van der Waals surface area contributed by atoms with E-state index < -0.39 is 48.7 Å². The molecule has 1 aromatic rings. The molecular formula is C11H11F5N2O3. The van der Waals surface area contributed by atoms with Gasteiger partial charge < -0.3 is 15.2 Å². The molecule has 118 valence electrons. The highest BCUT2D eigenvalue weighted by Gasteiger charge is 2.33. The molecule has 1 aromatic heterocycles. The fraction of sp³-hybridized carbons (Fsp3) is 0.455. The normalized spacial score (nSPS) is 11.6. The van der Waals surface area contributed by atoms with Gasteiger partial charge in [0, 0.05) is 18.2 Å². The summed E-state index contributed by atoms with van der Waals surface area (Å²) >= 11 is 0. The fourth-order valence-corrected chi connectivity index (χ4v) is 1.53. The monoisotopic (exact) mass is 314 g/mol. The van der Waals surface area contributed by atoms with Gasteiger partial charge in [0.05, 0.1) is 19.2 Å². The maximum Gasteiger partial charge on any atom is 0.573 e. The summed E-state index contributed by atoms with van der Waals surface area (Å²) in [5, 5.41) is 0. The second-order valence-electron chi connectivity index (χ2n) is 3.78. The third-order valence-electron chi connectivity index (χ3n) is 2.36. The summed E-state index contributed by atoms with van der Waals surface area (Å²) < 4.78 is 70.5. The molecular weight excluding hydrogens is 303 g/mol. The van der Waals surface area contributed by atoms with Crippen molar-refractivity contribution in [2.24, 2.45) is 5.73 Å². The molecule has 0 aliphatic carbocycles. The first-order chi connectivity index (χ1) is 9.67. The van der Waals surface area contributed by atoms with Crippen molar-refractivity contribution in [1.29, 1.82) is 0 Å². The molecule has 0 bridgehead atoms. The number of esters is 1. The number of carbonyl (C=O) groups is 1. The highest BCUT2D eigenvalue weighted by atomic mass is 19.4. The number of methoxy groups -OCH3 is 1. The van der Waals surface area contributed by atoms with Gasteiger partial charge in [-0.2, -0.15) is 0 Å². The van der Waals surface area contributed by atoms with E-state index in [0.717, 1.165) is 13.2 Å². The SMILES string of the molecule is COC(=O)Cc1cc(OC(F)(F)F)c(CN)c(C(F)F)n1. The Hall–Kier alpha value is -1.97. The second kappa shape index (κ2) is 6.66. The van der Waals surface area contributed by atoms with Crippen molar-refractivity contribution in [3.63, 3.8) is 0 Å². The zero-order valence-electron chi connectivity index (χ0n) is 10.7.